The molecule has 2 N–H and O–H groups in total. The molecule has 3 rings (SSSR count). The Morgan fingerprint density at radius 3 is 2.80 bits per heavy atom. The molecule has 2 aromatic carbocycles. The molecule has 0 bridgehead atoms. The molecule has 1 unspecified atom stereocenters. The summed E-state index contributed by atoms with van der Waals surface area (Å²) in [6.45, 7) is 2.90. The summed E-state index contributed by atoms with van der Waals surface area (Å²) in [7, 11) is 3.25. The van der Waals surface area contributed by atoms with Crippen molar-refractivity contribution in [1.29, 1.82) is 0 Å². The first-order chi connectivity index (χ1) is 12.1. The van der Waals surface area contributed by atoms with Crippen LogP contribution in [0.5, 0.6) is 11.5 Å². The van der Waals surface area contributed by atoms with Crippen molar-refractivity contribution in [3.8, 4) is 11.5 Å². The van der Waals surface area contributed by atoms with Gasteiger partial charge in [-0.15, -0.1) is 0 Å². The van der Waals surface area contributed by atoms with Crippen molar-refractivity contribution in [3.05, 3.63) is 53.1 Å². The summed E-state index contributed by atoms with van der Waals surface area (Å²) in [6.07, 6.45) is 1.96. The lowest BCUT2D eigenvalue weighted by Gasteiger charge is -2.22. The zero-order valence-electron chi connectivity index (χ0n) is 14.9. The standard InChI is InChI=1S/C20H24N2O3/c1-13(17-12-14(24-2)9-10-19(17)25-3)22-20(23)16-6-4-8-18-15(16)7-5-11-21-18/h4,6,8-10,12-13,21H,5,7,11H2,1-3H3,(H,22,23). The molecule has 1 amide bonds. The van der Waals surface area contributed by atoms with E-state index in [0.717, 1.165) is 53.3 Å². The van der Waals surface area contributed by atoms with Crippen LogP contribution >= 0.6 is 0 Å². The highest BCUT2D eigenvalue weighted by molar-refractivity contribution is 5.97. The molecule has 1 heterocycles. The van der Waals surface area contributed by atoms with Crippen molar-refractivity contribution in [3.63, 3.8) is 0 Å². The van der Waals surface area contributed by atoms with E-state index in [9.17, 15) is 4.79 Å². The second kappa shape index (κ2) is 7.47. The van der Waals surface area contributed by atoms with Gasteiger partial charge in [-0.1, -0.05) is 6.07 Å². The zero-order chi connectivity index (χ0) is 17.8. The number of ether oxygens (including phenoxy) is 2. The first kappa shape index (κ1) is 17.1. The number of carbonyl (C=O) groups excluding carboxylic acids is 1. The minimum atomic E-state index is -0.204. The van der Waals surface area contributed by atoms with Crippen LogP contribution < -0.4 is 20.1 Å². The lowest BCUT2D eigenvalue weighted by atomic mass is 9.96. The number of methoxy groups -OCH3 is 2. The van der Waals surface area contributed by atoms with E-state index in [1.165, 1.54) is 0 Å². The van der Waals surface area contributed by atoms with E-state index in [2.05, 4.69) is 10.6 Å². The number of fused-ring (bicyclic) bond motifs is 1. The summed E-state index contributed by atoms with van der Waals surface area (Å²) in [6, 6.07) is 11.2. The monoisotopic (exact) mass is 340 g/mol. The molecule has 0 radical (unpaired) electrons. The number of hydrogen-bond donors (Lipinski definition) is 2. The molecule has 2 aromatic rings. The van der Waals surface area contributed by atoms with Crippen molar-refractivity contribution < 1.29 is 14.3 Å². The van der Waals surface area contributed by atoms with Crippen LogP contribution in [0.4, 0.5) is 5.69 Å². The van der Waals surface area contributed by atoms with Gasteiger partial charge in [-0.05, 0) is 55.7 Å². The highest BCUT2D eigenvalue weighted by Gasteiger charge is 2.20. The van der Waals surface area contributed by atoms with Crippen LogP contribution in [0.3, 0.4) is 0 Å². The van der Waals surface area contributed by atoms with Crippen molar-refractivity contribution in [2.75, 3.05) is 26.1 Å². The number of carbonyl (C=O) groups is 1. The predicted molar refractivity (Wildman–Crippen MR) is 98.7 cm³/mol. The van der Waals surface area contributed by atoms with Gasteiger partial charge in [0.25, 0.3) is 5.91 Å². The maximum absolute atomic E-state index is 12.8. The Bertz CT molecular complexity index is 774. The lowest BCUT2D eigenvalue weighted by Crippen LogP contribution is -2.29. The van der Waals surface area contributed by atoms with Crippen molar-refractivity contribution >= 4 is 11.6 Å². The van der Waals surface area contributed by atoms with Crippen molar-refractivity contribution in [2.24, 2.45) is 0 Å². The minimum absolute atomic E-state index is 0.0714. The zero-order valence-corrected chi connectivity index (χ0v) is 14.9. The number of benzene rings is 2. The van der Waals surface area contributed by atoms with Crippen molar-refractivity contribution in [1.82, 2.24) is 5.32 Å². The molecule has 1 aliphatic rings. The Hall–Kier alpha value is -2.69. The van der Waals surface area contributed by atoms with E-state index in [1.54, 1.807) is 14.2 Å². The van der Waals surface area contributed by atoms with Crippen LogP contribution in [-0.2, 0) is 6.42 Å². The van der Waals surface area contributed by atoms with Gasteiger partial charge in [-0.25, -0.2) is 0 Å². The largest absolute Gasteiger partial charge is 0.497 e. The molecule has 132 valence electrons. The molecule has 25 heavy (non-hydrogen) atoms. The second-order valence-electron chi connectivity index (χ2n) is 6.17. The molecular formula is C20H24N2O3. The summed E-state index contributed by atoms with van der Waals surface area (Å²) >= 11 is 0. The van der Waals surface area contributed by atoms with E-state index >= 15 is 0 Å². The lowest BCUT2D eigenvalue weighted by molar-refractivity contribution is 0.0938. The molecule has 0 aromatic heterocycles. The summed E-state index contributed by atoms with van der Waals surface area (Å²) in [4.78, 5) is 12.8. The Morgan fingerprint density at radius 2 is 2.04 bits per heavy atom. The average Bonchev–Trinajstić information content (AvgIpc) is 2.66. The number of amides is 1. The Kier molecular flexibility index (Phi) is 5.12. The van der Waals surface area contributed by atoms with E-state index in [1.807, 2.05) is 43.3 Å². The summed E-state index contributed by atoms with van der Waals surface area (Å²) < 4.78 is 10.7. The molecule has 1 atom stereocenters. The summed E-state index contributed by atoms with van der Waals surface area (Å²) in [5.41, 5.74) is 3.78. The van der Waals surface area contributed by atoms with Gasteiger partial charge in [-0.2, -0.15) is 0 Å². The fourth-order valence-electron chi connectivity index (χ4n) is 3.25. The highest BCUT2D eigenvalue weighted by Crippen LogP contribution is 2.30. The number of hydrogen-bond acceptors (Lipinski definition) is 4. The molecule has 1 aliphatic heterocycles. The van der Waals surface area contributed by atoms with E-state index < -0.39 is 0 Å². The number of nitrogens with one attached hydrogen (secondary N) is 2. The molecule has 0 aliphatic carbocycles. The normalized spacial score (nSPS) is 14.0. The van der Waals surface area contributed by atoms with E-state index in [-0.39, 0.29) is 11.9 Å². The van der Waals surface area contributed by atoms with Gasteiger partial charge in [0.05, 0.1) is 20.3 Å². The summed E-state index contributed by atoms with van der Waals surface area (Å²) in [5.74, 6) is 1.39. The summed E-state index contributed by atoms with van der Waals surface area (Å²) in [5, 5.41) is 6.45. The SMILES string of the molecule is COc1ccc(OC)c(C(C)NC(=O)c2cccc3c2CCCN3)c1. The first-order valence-corrected chi connectivity index (χ1v) is 8.52. The van der Waals surface area contributed by atoms with E-state index in [4.69, 9.17) is 9.47 Å². The predicted octanol–water partition coefficient (Wildman–Crippen LogP) is 3.55. The van der Waals surface area contributed by atoms with Gasteiger partial charge < -0.3 is 20.1 Å². The Balaban J connectivity index is 1.84. The third kappa shape index (κ3) is 3.55. The smallest absolute Gasteiger partial charge is 0.252 e. The molecule has 0 saturated carbocycles. The van der Waals surface area contributed by atoms with Crippen LogP contribution in [0.1, 0.15) is 40.9 Å². The Morgan fingerprint density at radius 1 is 1.20 bits per heavy atom. The third-order valence-corrected chi connectivity index (χ3v) is 4.59. The fourth-order valence-corrected chi connectivity index (χ4v) is 3.25. The van der Waals surface area contributed by atoms with Gasteiger partial charge in [0.2, 0.25) is 0 Å². The van der Waals surface area contributed by atoms with Crippen LogP contribution in [0.15, 0.2) is 36.4 Å². The van der Waals surface area contributed by atoms with Crippen LogP contribution in [0.2, 0.25) is 0 Å². The van der Waals surface area contributed by atoms with Gasteiger partial charge in [0.15, 0.2) is 0 Å². The van der Waals surface area contributed by atoms with Gasteiger partial charge >= 0.3 is 0 Å². The maximum Gasteiger partial charge on any atom is 0.252 e. The van der Waals surface area contributed by atoms with Gasteiger partial charge in [0, 0.05) is 23.4 Å². The topological polar surface area (TPSA) is 59.6 Å². The van der Waals surface area contributed by atoms with Crippen LogP contribution in [0.25, 0.3) is 0 Å². The molecule has 5 heteroatoms. The molecule has 0 fully saturated rings. The van der Waals surface area contributed by atoms with Crippen LogP contribution in [0, 0.1) is 0 Å². The second-order valence-corrected chi connectivity index (χ2v) is 6.17. The first-order valence-electron chi connectivity index (χ1n) is 8.52. The number of rotatable bonds is 5. The van der Waals surface area contributed by atoms with Gasteiger partial charge in [0.1, 0.15) is 11.5 Å². The molecule has 0 saturated heterocycles. The quantitative estimate of drug-likeness (QED) is 0.874. The average molecular weight is 340 g/mol. The van der Waals surface area contributed by atoms with Crippen molar-refractivity contribution in [2.45, 2.75) is 25.8 Å². The van der Waals surface area contributed by atoms with Gasteiger partial charge in [-0.3, -0.25) is 4.79 Å². The highest BCUT2D eigenvalue weighted by atomic mass is 16.5. The fraction of sp³-hybridized carbons (Fsp3) is 0.350. The molecular weight excluding hydrogens is 316 g/mol. The minimum Gasteiger partial charge on any atom is -0.497 e. The molecule has 5 nitrogen and oxygen atoms in total. The Labute approximate surface area is 148 Å². The number of anilines is 1. The third-order valence-electron chi connectivity index (χ3n) is 4.59. The van der Waals surface area contributed by atoms with Crippen LogP contribution in [-0.4, -0.2) is 26.7 Å². The molecule has 0 spiro atoms. The maximum atomic E-state index is 12.8. The van der Waals surface area contributed by atoms with E-state index in [0.29, 0.717) is 0 Å².